The van der Waals surface area contributed by atoms with Gasteiger partial charge in [0, 0.05) is 12.6 Å². The topological polar surface area (TPSA) is 82.2 Å². The Kier molecular flexibility index (Phi) is 5.00. The number of hydrogen-bond acceptors (Lipinski definition) is 4. The van der Waals surface area contributed by atoms with Crippen molar-refractivity contribution >= 4 is 5.91 Å². The van der Waals surface area contributed by atoms with E-state index < -0.39 is 5.54 Å². The molecule has 3 N–H and O–H groups in total. The Balaban J connectivity index is 1.92. The summed E-state index contributed by atoms with van der Waals surface area (Å²) in [5.74, 6) is 0.513. The zero-order chi connectivity index (χ0) is 14.6. The number of nitrogens with zero attached hydrogens (tertiary/aromatic N) is 2. The van der Waals surface area contributed by atoms with Gasteiger partial charge < -0.3 is 11.1 Å². The van der Waals surface area contributed by atoms with Gasteiger partial charge in [-0.2, -0.15) is 5.26 Å². The van der Waals surface area contributed by atoms with Gasteiger partial charge in [0.2, 0.25) is 5.91 Å². The monoisotopic (exact) mass is 278 g/mol. The maximum absolute atomic E-state index is 12.3. The second-order valence-corrected chi connectivity index (χ2v) is 6.34. The molecule has 5 heteroatoms. The summed E-state index contributed by atoms with van der Waals surface area (Å²) in [4.78, 5) is 14.4. The standard InChI is InChI=1S/C15H26N4O/c1-12-5-4-8-19(13(12)9-16)10-14(20)18-15(11-17)6-2-3-7-15/h12-13H,2-10,16H2,1H3,(H,18,20). The summed E-state index contributed by atoms with van der Waals surface area (Å²) in [6, 6.07) is 2.59. The second-order valence-electron chi connectivity index (χ2n) is 6.34. The highest BCUT2D eigenvalue weighted by molar-refractivity contribution is 5.79. The molecule has 0 aromatic heterocycles. The molecule has 5 nitrogen and oxygen atoms in total. The van der Waals surface area contributed by atoms with Crippen LogP contribution < -0.4 is 11.1 Å². The van der Waals surface area contributed by atoms with Crippen molar-refractivity contribution in [3.63, 3.8) is 0 Å². The van der Waals surface area contributed by atoms with E-state index in [1.54, 1.807) is 0 Å². The van der Waals surface area contributed by atoms with Crippen molar-refractivity contribution in [2.45, 2.75) is 57.0 Å². The van der Waals surface area contributed by atoms with Crippen molar-refractivity contribution in [3.8, 4) is 6.07 Å². The molecule has 0 aromatic carbocycles. The van der Waals surface area contributed by atoms with Crippen LogP contribution in [-0.2, 0) is 4.79 Å². The first-order valence-corrected chi connectivity index (χ1v) is 7.76. The normalized spacial score (nSPS) is 29.9. The molecule has 2 atom stereocenters. The first kappa shape index (κ1) is 15.3. The maximum atomic E-state index is 12.3. The van der Waals surface area contributed by atoms with E-state index in [-0.39, 0.29) is 11.9 Å². The molecule has 20 heavy (non-hydrogen) atoms. The van der Waals surface area contributed by atoms with E-state index in [0.717, 1.165) is 38.6 Å². The number of nitrogens with two attached hydrogens (primary N) is 1. The Morgan fingerprint density at radius 3 is 2.75 bits per heavy atom. The summed E-state index contributed by atoms with van der Waals surface area (Å²) >= 11 is 0. The molecule has 2 fully saturated rings. The fourth-order valence-electron chi connectivity index (χ4n) is 3.65. The quantitative estimate of drug-likeness (QED) is 0.803. The number of amides is 1. The van der Waals surface area contributed by atoms with Crippen LogP contribution in [0.1, 0.15) is 45.4 Å². The molecular formula is C15H26N4O. The minimum absolute atomic E-state index is 0.0269. The number of nitriles is 1. The van der Waals surface area contributed by atoms with E-state index in [2.05, 4.69) is 23.2 Å². The fraction of sp³-hybridized carbons (Fsp3) is 0.867. The average Bonchev–Trinajstić information content (AvgIpc) is 2.88. The Bertz CT molecular complexity index is 384. The Hall–Kier alpha value is -1.12. The molecule has 1 saturated carbocycles. The lowest BCUT2D eigenvalue weighted by molar-refractivity contribution is -0.124. The number of piperidine rings is 1. The number of carbonyl (C=O) groups is 1. The summed E-state index contributed by atoms with van der Waals surface area (Å²) in [5.41, 5.74) is 5.24. The molecule has 2 aliphatic rings. The zero-order valence-electron chi connectivity index (χ0n) is 12.4. The molecular weight excluding hydrogens is 252 g/mol. The number of nitrogens with one attached hydrogen (secondary N) is 1. The first-order chi connectivity index (χ1) is 9.60. The highest BCUT2D eigenvalue weighted by Crippen LogP contribution is 2.29. The Morgan fingerprint density at radius 2 is 2.15 bits per heavy atom. The zero-order valence-corrected chi connectivity index (χ0v) is 12.4. The number of carbonyl (C=O) groups excluding carboxylic acids is 1. The van der Waals surface area contributed by atoms with Gasteiger partial charge in [0.05, 0.1) is 12.6 Å². The minimum Gasteiger partial charge on any atom is -0.337 e. The Labute approximate surface area is 121 Å². The fourth-order valence-corrected chi connectivity index (χ4v) is 3.65. The largest absolute Gasteiger partial charge is 0.337 e. The minimum atomic E-state index is -0.614. The summed E-state index contributed by atoms with van der Waals surface area (Å²) < 4.78 is 0. The third-order valence-electron chi connectivity index (χ3n) is 4.87. The van der Waals surface area contributed by atoms with E-state index in [1.165, 1.54) is 6.42 Å². The lowest BCUT2D eigenvalue weighted by atomic mass is 9.91. The SMILES string of the molecule is CC1CCCN(CC(=O)NC2(C#N)CCCC2)C1CN. The van der Waals surface area contributed by atoms with Crippen LogP contribution >= 0.6 is 0 Å². The molecule has 1 amide bonds. The predicted molar refractivity (Wildman–Crippen MR) is 77.8 cm³/mol. The van der Waals surface area contributed by atoms with E-state index in [1.807, 2.05) is 0 Å². The van der Waals surface area contributed by atoms with Crippen molar-refractivity contribution in [1.29, 1.82) is 5.26 Å². The van der Waals surface area contributed by atoms with Crippen molar-refractivity contribution in [2.24, 2.45) is 11.7 Å². The number of rotatable bonds is 4. The van der Waals surface area contributed by atoms with E-state index in [0.29, 0.717) is 19.0 Å². The first-order valence-electron chi connectivity index (χ1n) is 7.76. The van der Waals surface area contributed by atoms with Gasteiger partial charge in [0.15, 0.2) is 0 Å². The van der Waals surface area contributed by atoms with Crippen LogP contribution in [0.3, 0.4) is 0 Å². The molecule has 1 saturated heterocycles. The molecule has 0 spiro atoms. The third kappa shape index (κ3) is 3.31. The third-order valence-corrected chi connectivity index (χ3v) is 4.87. The summed E-state index contributed by atoms with van der Waals surface area (Å²) in [6.07, 6.45) is 5.93. The van der Waals surface area contributed by atoms with Gasteiger partial charge in [-0.25, -0.2) is 0 Å². The highest BCUT2D eigenvalue weighted by atomic mass is 16.2. The van der Waals surface area contributed by atoms with Gasteiger partial charge in [0.25, 0.3) is 0 Å². The van der Waals surface area contributed by atoms with Crippen LogP contribution in [0.15, 0.2) is 0 Å². The number of likely N-dealkylation sites (tertiary alicyclic amines) is 1. The van der Waals surface area contributed by atoms with Gasteiger partial charge in [-0.1, -0.05) is 6.92 Å². The maximum Gasteiger partial charge on any atom is 0.235 e. The van der Waals surface area contributed by atoms with Crippen LogP contribution in [0.2, 0.25) is 0 Å². The molecule has 1 aliphatic carbocycles. The molecule has 1 heterocycles. The Morgan fingerprint density at radius 1 is 1.45 bits per heavy atom. The van der Waals surface area contributed by atoms with Crippen LogP contribution in [0, 0.1) is 17.2 Å². The smallest absolute Gasteiger partial charge is 0.235 e. The van der Waals surface area contributed by atoms with E-state index in [9.17, 15) is 10.1 Å². The van der Waals surface area contributed by atoms with Gasteiger partial charge in [-0.05, 0) is 51.0 Å². The van der Waals surface area contributed by atoms with Crippen molar-refractivity contribution < 1.29 is 4.79 Å². The molecule has 0 bridgehead atoms. The molecule has 112 valence electrons. The summed E-state index contributed by atoms with van der Waals surface area (Å²) in [6.45, 7) is 4.10. The van der Waals surface area contributed by atoms with Crippen molar-refractivity contribution in [3.05, 3.63) is 0 Å². The van der Waals surface area contributed by atoms with Gasteiger partial charge in [-0.3, -0.25) is 9.69 Å². The van der Waals surface area contributed by atoms with Crippen molar-refractivity contribution in [2.75, 3.05) is 19.6 Å². The molecule has 2 unspecified atom stereocenters. The van der Waals surface area contributed by atoms with Crippen LogP contribution in [0.4, 0.5) is 0 Å². The predicted octanol–water partition coefficient (Wildman–Crippen LogP) is 0.998. The molecule has 0 aromatic rings. The number of hydrogen-bond donors (Lipinski definition) is 2. The molecule has 2 rings (SSSR count). The lowest BCUT2D eigenvalue weighted by Crippen LogP contribution is -2.54. The molecule has 0 radical (unpaired) electrons. The second kappa shape index (κ2) is 6.55. The van der Waals surface area contributed by atoms with Crippen LogP contribution in [0.5, 0.6) is 0 Å². The summed E-state index contributed by atoms with van der Waals surface area (Å²) in [5, 5.41) is 12.3. The summed E-state index contributed by atoms with van der Waals surface area (Å²) in [7, 11) is 0. The van der Waals surface area contributed by atoms with Gasteiger partial charge in [-0.15, -0.1) is 0 Å². The van der Waals surface area contributed by atoms with Gasteiger partial charge in [0.1, 0.15) is 5.54 Å². The lowest BCUT2D eigenvalue weighted by Gasteiger charge is -2.39. The molecule has 1 aliphatic heterocycles. The van der Waals surface area contributed by atoms with E-state index >= 15 is 0 Å². The highest BCUT2D eigenvalue weighted by Gasteiger charge is 2.36. The average molecular weight is 278 g/mol. The van der Waals surface area contributed by atoms with Gasteiger partial charge >= 0.3 is 0 Å². The van der Waals surface area contributed by atoms with E-state index in [4.69, 9.17) is 5.73 Å². The van der Waals surface area contributed by atoms with Crippen LogP contribution in [0.25, 0.3) is 0 Å². The van der Waals surface area contributed by atoms with Crippen LogP contribution in [-0.4, -0.2) is 42.0 Å². The van der Waals surface area contributed by atoms with Crippen molar-refractivity contribution in [1.82, 2.24) is 10.2 Å².